The fourth-order valence-electron chi connectivity index (χ4n) is 3.06. The smallest absolute Gasteiger partial charge is 0.230 e. The van der Waals surface area contributed by atoms with E-state index in [0.29, 0.717) is 34.8 Å². The number of hydrogen-bond donors (Lipinski definition) is 1. The summed E-state index contributed by atoms with van der Waals surface area (Å²) in [6.07, 6.45) is 2.73. The van der Waals surface area contributed by atoms with Crippen LogP contribution in [-0.4, -0.2) is 55.5 Å². The summed E-state index contributed by atoms with van der Waals surface area (Å²) in [5.41, 5.74) is 1.06. The summed E-state index contributed by atoms with van der Waals surface area (Å²) in [4.78, 5) is 23.3. The van der Waals surface area contributed by atoms with Gasteiger partial charge in [-0.3, -0.25) is 4.79 Å². The van der Waals surface area contributed by atoms with E-state index < -0.39 is 0 Å². The molecule has 2 aromatic rings. The molecule has 0 aliphatic heterocycles. The number of nitrogens with one attached hydrogen (secondary N) is 1. The molecule has 1 heterocycles. The number of amides is 1. The lowest BCUT2D eigenvalue weighted by molar-refractivity contribution is -0.118. The van der Waals surface area contributed by atoms with Gasteiger partial charge in [0.15, 0.2) is 16.7 Å². The van der Waals surface area contributed by atoms with Crippen molar-refractivity contribution in [1.82, 2.24) is 15.3 Å². The van der Waals surface area contributed by atoms with E-state index >= 15 is 0 Å². The molecule has 0 aliphatic carbocycles. The SMILES string of the molecule is CCCN(CCC)c1cc(Cl)nc(SCC(=O)NCCc2ccc(OC)c(OC)c2)n1. The van der Waals surface area contributed by atoms with Crippen molar-refractivity contribution in [3.63, 3.8) is 0 Å². The Morgan fingerprint density at radius 2 is 1.81 bits per heavy atom. The first-order valence-electron chi connectivity index (χ1n) is 10.4. The Hall–Kier alpha value is -2.19. The molecule has 1 N–H and O–H groups in total. The van der Waals surface area contributed by atoms with E-state index in [1.54, 1.807) is 20.3 Å². The first-order chi connectivity index (χ1) is 15.0. The molecule has 1 amide bonds. The minimum atomic E-state index is -0.0745. The molecule has 31 heavy (non-hydrogen) atoms. The van der Waals surface area contributed by atoms with Crippen LogP contribution < -0.4 is 19.7 Å². The van der Waals surface area contributed by atoms with Gasteiger partial charge in [-0.1, -0.05) is 43.3 Å². The molecule has 0 spiro atoms. The van der Waals surface area contributed by atoms with Crippen molar-refractivity contribution < 1.29 is 14.3 Å². The number of rotatable bonds is 13. The minimum Gasteiger partial charge on any atom is -0.493 e. The number of benzene rings is 1. The largest absolute Gasteiger partial charge is 0.493 e. The molecule has 0 aliphatic rings. The van der Waals surface area contributed by atoms with Crippen LogP contribution >= 0.6 is 23.4 Å². The van der Waals surface area contributed by atoms with Gasteiger partial charge < -0.3 is 19.7 Å². The van der Waals surface area contributed by atoms with Gasteiger partial charge in [0.2, 0.25) is 5.91 Å². The molecule has 0 radical (unpaired) electrons. The average molecular weight is 467 g/mol. The zero-order valence-corrected chi connectivity index (χ0v) is 20.2. The molecule has 0 atom stereocenters. The molecule has 170 valence electrons. The van der Waals surface area contributed by atoms with Crippen LogP contribution in [-0.2, 0) is 11.2 Å². The fraction of sp³-hybridized carbons (Fsp3) is 0.500. The van der Waals surface area contributed by atoms with Gasteiger partial charge in [-0.2, -0.15) is 0 Å². The normalized spacial score (nSPS) is 10.6. The summed E-state index contributed by atoms with van der Waals surface area (Å²) in [7, 11) is 3.21. The quantitative estimate of drug-likeness (QED) is 0.269. The van der Waals surface area contributed by atoms with Crippen molar-refractivity contribution in [2.75, 3.05) is 44.5 Å². The van der Waals surface area contributed by atoms with Crippen LogP contribution in [0.25, 0.3) is 0 Å². The van der Waals surface area contributed by atoms with Gasteiger partial charge in [-0.05, 0) is 37.0 Å². The van der Waals surface area contributed by atoms with E-state index in [1.807, 2.05) is 18.2 Å². The molecular formula is C22H31ClN4O3S. The minimum absolute atomic E-state index is 0.0745. The molecule has 0 unspecified atom stereocenters. The van der Waals surface area contributed by atoms with Crippen LogP contribution in [0.4, 0.5) is 5.82 Å². The maximum Gasteiger partial charge on any atom is 0.230 e. The Balaban J connectivity index is 1.87. The highest BCUT2D eigenvalue weighted by atomic mass is 35.5. The van der Waals surface area contributed by atoms with E-state index in [1.165, 1.54) is 11.8 Å². The lowest BCUT2D eigenvalue weighted by atomic mass is 10.1. The number of anilines is 1. The highest BCUT2D eigenvalue weighted by molar-refractivity contribution is 7.99. The maximum atomic E-state index is 12.3. The first-order valence-corrected chi connectivity index (χ1v) is 11.8. The Kier molecular flexibility index (Phi) is 10.7. The van der Waals surface area contributed by atoms with E-state index in [0.717, 1.165) is 37.3 Å². The van der Waals surface area contributed by atoms with Crippen molar-refractivity contribution >= 4 is 35.1 Å². The highest BCUT2D eigenvalue weighted by Crippen LogP contribution is 2.27. The van der Waals surface area contributed by atoms with Crippen LogP contribution in [0, 0.1) is 0 Å². The number of nitrogens with zero attached hydrogens (tertiary/aromatic N) is 3. The number of ether oxygens (including phenoxy) is 2. The lowest BCUT2D eigenvalue weighted by Gasteiger charge is -2.22. The van der Waals surface area contributed by atoms with Crippen LogP contribution in [0.3, 0.4) is 0 Å². The summed E-state index contributed by atoms with van der Waals surface area (Å²) in [5, 5.41) is 3.83. The Morgan fingerprint density at radius 1 is 1.10 bits per heavy atom. The van der Waals surface area contributed by atoms with Gasteiger partial charge in [0.25, 0.3) is 0 Å². The Morgan fingerprint density at radius 3 is 2.45 bits per heavy atom. The second-order valence-electron chi connectivity index (χ2n) is 6.90. The second kappa shape index (κ2) is 13.3. The van der Waals surface area contributed by atoms with E-state index in [-0.39, 0.29) is 11.7 Å². The monoisotopic (exact) mass is 466 g/mol. The van der Waals surface area contributed by atoms with Crippen molar-refractivity contribution in [3.05, 3.63) is 35.0 Å². The van der Waals surface area contributed by atoms with Gasteiger partial charge in [-0.25, -0.2) is 9.97 Å². The second-order valence-corrected chi connectivity index (χ2v) is 8.23. The summed E-state index contributed by atoms with van der Waals surface area (Å²) < 4.78 is 10.6. The van der Waals surface area contributed by atoms with Crippen molar-refractivity contribution in [1.29, 1.82) is 0 Å². The van der Waals surface area contributed by atoms with Crippen molar-refractivity contribution in [2.45, 2.75) is 38.3 Å². The van der Waals surface area contributed by atoms with Gasteiger partial charge >= 0.3 is 0 Å². The zero-order valence-electron chi connectivity index (χ0n) is 18.6. The van der Waals surface area contributed by atoms with E-state index in [4.69, 9.17) is 21.1 Å². The molecule has 1 aromatic heterocycles. The number of carbonyl (C=O) groups is 1. The third kappa shape index (κ3) is 8.10. The van der Waals surface area contributed by atoms with Crippen LogP contribution in [0.15, 0.2) is 29.4 Å². The number of thioether (sulfide) groups is 1. The number of methoxy groups -OCH3 is 2. The first kappa shape index (κ1) is 25.1. The van der Waals surface area contributed by atoms with Crippen LogP contribution in [0.5, 0.6) is 11.5 Å². The zero-order chi connectivity index (χ0) is 22.6. The van der Waals surface area contributed by atoms with Crippen molar-refractivity contribution in [2.24, 2.45) is 0 Å². The molecule has 0 bridgehead atoms. The number of aromatic nitrogens is 2. The molecule has 0 saturated heterocycles. The van der Waals surface area contributed by atoms with Crippen molar-refractivity contribution in [3.8, 4) is 11.5 Å². The number of halogens is 1. The molecular weight excluding hydrogens is 436 g/mol. The third-order valence-corrected chi connectivity index (χ3v) is 5.53. The summed E-state index contributed by atoms with van der Waals surface area (Å²) in [6, 6.07) is 7.52. The van der Waals surface area contributed by atoms with Gasteiger partial charge in [0.05, 0.1) is 20.0 Å². The molecule has 0 fully saturated rings. The predicted molar refractivity (Wildman–Crippen MR) is 127 cm³/mol. The molecule has 2 rings (SSSR count). The molecule has 7 nitrogen and oxygen atoms in total. The number of carbonyl (C=O) groups excluding carboxylic acids is 1. The lowest BCUT2D eigenvalue weighted by Crippen LogP contribution is -2.27. The van der Waals surface area contributed by atoms with E-state index in [9.17, 15) is 4.79 Å². The number of hydrogen-bond acceptors (Lipinski definition) is 7. The van der Waals surface area contributed by atoms with Gasteiger partial charge in [0.1, 0.15) is 11.0 Å². The summed E-state index contributed by atoms with van der Waals surface area (Å²) in [5.74, 6) is 2.32. The topological polar surface area (TPSA) is 76.6 Å². The Labute approximate surface area is 193 Å². The summed E-state index contributed by atoms with van der Waals surface area (Å²) in [6.45, 7) is 6.60. The Bertz CT molecular complexity index is 848. The van der Waals surface area contributed by atoms with Crippen LogP contribution in [0.1, 0.15) is 32.3 Å². The average Bonchev–Trinajstić information content (AvgIpc) is 2.77. The third-order valence-electron chi connectivity index (χ3n) is 4.49. The van der Waals surface area contributed by atoms with E-state index in [2.05, 4.69) is 34.0 Å². The maximum absolute atomic E-state index is 12.3. The van der Waals surface area contributed by atoms with Gasteiger partial charge in [-0.15, -0.1) is 0 Å². The molecule has 0 saturated carbocycles. The molecule has 9 heteroatoms. The summed E-state index contributed by atoms with van der Waals surface area (Å²) >= 11 is 7.48. The fourth-order valence-corrected chi connectivity index (χ4v) is 3.97. The van der Waals surface area contributed by atoms with Gasteiger partial charge in [0, 0.05) is 25.7 Å². The highest BCUT2D eigenvalue weighted by Gasteiger charge is 2.12. The predicted octanol–water partition coefficient (Wildman–Crippen LogP) is 4.22. The van der Waals surface area contributed by atoms with Crippen LogP contribution in [0.2, 0.25) is 5.15 Å². The standard InChI is InChI=1S/C22H31ClN4O3S/c1-5-11-27(12-6-2)20-14-19(23)25-22(26-20)31-15-21(28)24-10-9-16-7-8-17(29-3)18(13-16)30-4/h7-8,13-14H,5-6,9-12,15H2,1-4H3,(H,24,28). The molecule has 1 aromatic carbocycles.